The molecule has 6 heteroatoms. The van der Waals surface area contributed by atoms with Crippen molar-refractivity contribution in [2.75, 3.05) is 6.54 Å². The van der Waals surface area contributed by atoms with Gasteiger partial charge in [-0.2, -0.15) is 0 Å². The summed E-state index contributed by atoms with van der Waals surface area (Å²) < 4.78 is 0. The summed E-state index contributed by atoms with van der Waals surface area (Å²) in [6.07, 6.45) is 0.872. The van der Waals surface area contributed by atoms with Crippen molar-refractivity contribution in [3.8, 4) is 0 Å². The van der Waals surface area contributed by atoms with Crippen molar-refractivity contribution in [1.29, 1.82) is 0 Å². The van der Waals surface area contributed by atoms with Gasteiger partial charge in [0, 0.05) is 30.4 Å². The third kappa shape index (κ3) is 2.66. The van der Waals surface area contributed by atoms with E-state index in [2.05, 4.69) is 23.7 Å². The van der Waals surface area contributed by atoms with Gasteiger partial charge in [-0.1, -0.05) is 0 Å². The molecule has 1 aliphatic rings. The summed E-state index contributed by atoms with van der Waals surface area (Å²) in [5, 5.41) is 9.07. The Morgan fingerprint density at radius 3 is 2.81 bits per heavy atom. The van der Waals surface area contributed by atoms with E-state index in [9.17, 15) is 4.79 Å². The molecule has 1 aromatic rings. The van der Waals surface area contributed by atoms with Crippen LogP contribution < -0.4 is 0 Å². The third-order valence-electron chi connectivity index (χ3n) is 2.67. The molecule has 16 heavy (non-hydrogen) atoms. The zero-order chi connectivity index (χ0) is 11.0. The summed E-state index contributed by atoms with van der Waals surface area (Å²) in [6.45, 7) is 6.14. The molecule has 2 heterocycles. The van der Waals surface area contributed by atoms with Gasteiger partial charge in [-0.05, 0) is 13.8 Å². The molecule has 0 spiro atoms. The average molecular weight is 234 g/mol. The van der Waals surface area contributed by atoms with Crippen LogP contribution in [0.15, 0.2) is 0 Å². The van der Waals surface area contributed by atoms with E-state index >= 15 is 0 Å². The van der Waals surface area contributed by atoms with Gasteiger partial charge in [0.1, 0.15) is 0 Å². The number of fused-ring (bicyclic) bond motifs is 1. The van der Waals surface area contributed by atoms with E-state index in [1.165, 1.54) is 11.3 Å². The fraction of sp³-hybridized carbons (Fsp3) is 0.600. The molecule has 4 nitrogen and oxygen atoms in total. The van der Waals surface area contributed by atoms with E-state index in [-0.39, 0.29) is 23.9 Å². The Morgan fingerprint density at radius 1 is 1.56 bits per heavy atom. The average Bonchev–Trinajstić information content (AvgIpc) is 2.59. The topological polar surface area (TPSA) is 53.4 Å². The SMILES string of the molecule is CC(C)N1CCc2nc(C(=O)O)sc2C1.[LiH]. The number of rotatable bonds is 2. The van der Waals surface area contributed by atoms with Crippen LogP contribution in [0.3, 0.4) is 0 Å². The normalized spacial score (nSPS) is 15.7. The molecule has 0 saturated carbocycles. The van der Waals surface area contributed by atoms with Crippen molar-refractivity contribution in [3.05, 3.63) is 15.6 Å². The Hall–Kier alpha value is -0.343. The van der Waals surface area contributed by atoms with E-state index in [4.69, 9.17) is 5.11 Å². The molecule has 0 amide bonds. The minimum atomic E-state index is -0.912. The summed E-state index contributed by atoms with van der Waals surface area (Å²) >= 11 is 1.31. The maximum absolute atomic E-state index is 10.8. The number of carboxylic acids is 1. The number of aromatic carboxylic acids is 1. The Labute approximate surface area is 111 Å². The monoisotopic (exact) mass is 234 g/mol. The number of nitrogens with zero attached hydrogens (tertiary/aromatic N) is 2. The molecule has 2 rings (SSSR count). The van der Waals surface area contributed by atoms with Gasteiger partial charge in [0.05, 0.1) is 5.69 Å². The number of hydrogen-bond donors (Lipinski definition) is 1. The van der Waals surface area contributed by atoms with Crippen molar-refractivity contribution >= 4 is 36.2 Å². The van der Waals surface area contributed by atoms with E-state index in [1.807, 2.05) is 0 Å². The first-order chi connectivity index (χ1) is 7.08. The van der Waals surface area contributed by atoms with Gasteiger partial charge in [-0.15, -0.1) is 11.3 Å². The summed E-state index contributed by atoms with van der Waals surface area (Å²) in [5.74, 6) is -0.912. The second kappa shape index (κ2) is 5.33. The van der Waals surface area contributed by atoms with E-state index in [0.717, 1.165) is 30.1 Å². The fourth-order valence-corrected chi connectivity index (χ4v) is 2.72. The fourth-order valence-electron chi connectivity index (χ4n) is 1.75. The third-order valence-corrected chi connectivity index (χ3v) is 3.74. The van der Waals surface area contributed by atoms with Crippen LogP contribution in [0.4, 0.5) is 0 Å². The Bertz CT molecular complexity index is 392. The van der Waals surface area contributed by atoms with E-state index in [0.29, 0.717) is 6.04 Å². The van der Waals surface area contributed by atoms with Gasteiger partial charge in [-0.25, -0.2) is 9.78 Å². The molecule has 1 aliphatic heterocycles. The molecule has 0 bridgehead atoms. The van der Waals surface area contributed by atoms with Gasteiger partial charge in [0.15, 0.2) is 0 Å². The molecule has 0 fully saturated rings. The van der Waals surface area contributed by atoms with Crippen molar-refractivity contribution in [2.24, 2.45) is 0 Å². The zero-order valence-electron chi connectivity index (χ0n) is 8.86. The first kappa shape index (κ1) is 13.7. The maximum atomic E-state index is 10.8. The van der Waals surface area contributed by atoms with E-state index in [1.54, 1.807) is 0 Å². The van der Waals surface area contributed by atoms with Crippen LogP contribution in [-0.4, -0.2) is 52.4 Å². The van der Waals surface area contributed by atoms with Crippen LogP contribution in [0.1, 0.15) is 34.2 Å². The van der Waals surface area contributed by atoms with Crippen molar-refractivity contribution in [2.45, 2.75) is 32.9 Å². The summed E-state index contributed by atoms with van der Waals surface area (Å²) in [5.41, 5.74) is 0.981. The zero-order valence-corrected chi connectivity index (χ0v) is 9.67. The summed E-state index contributed by atoms with van der Waals surface area (Å²) in [6, 6.07) is 0.508. The van der Waals surface area contributed by atoms with Gasteiger partial charge in [0.2, 0.25) is 5.01 Å². The molecule has 0 aliphatic carbocycles. The Balaban J connectivity index is 0.00000128. The van der Waals surface area contributed by atoms with Gasteiger partial charge >= 0.3 is 24.8 Å². The summed E-state index contributed by atoms with van der Waals surface area (Å²) in [7, 11) is 0. The molecule has 0 aromatic carbocycles. The first-order valence-electron chi connectivity index (χ1n) is 5.04. The van der Waals surface area contributed by atoms with Crippen LogP contribution >= 0.6 is 11.3 Å². The Morgan fingerprint density at radius 2 is 2.25 bits per heavy atom. The second-order valence-corrected chi connectivity index (χ2v) is 5.09. The van der Waals surface area contributed by atoms with Gasteiger partial charge in [-0.3, -0.25) is 4.90 Å². The molecular formula is C10H15LiN2O2S. The number of carbonyl (C=O) groups is 1. The van der Waals surface area contributed by atoms with Crippen molar-refractivity contribution in [1.82, 2.24) is 9.88 Å². The quantitative estimate of drug-likeness (QED) is 0.774. The molecule has 0 radical (unpaired) electrons. The molecule has 0 atom stereocenters. The molecule has 1 N–H and O–H groups in total. The minimum absolute atomic E-state index is 0. The number of thiazole rings is 1. The van der Waals surface area contributed by atoms with Crippen molar-refractivity contribution in [3.63, 3.8) is 0 Å². The van der Waals surface area contributed by atoms with Crippen LogP contribution in [-0.2, 0) is 13.0 Å². The predicted octanol–water partition coefficient (Wildman–Crippen LogP) is 0.959. The predicted molar refractivity (Wildman–Crippen MR) is 65.5 cm³/mol. The summed E-state index contributed by atoms with van der Waals surface area (Å²) in [4.78, 5) is 18.4. The van der Waals surface area contributed by atoms with Crippen LogP contribution in [0.25, 0.3) is 0 Å². The molecule has 0 saturated heterocycles. The van der Waals surface area contributed by atoms with Crippen LogP contribution in [0.2, 0.25) is 0 Å². The standard InChI is InChI=1S/C10H14N2O2S.Li.H/c1-6(2)12-4-3-7-8(5-12)15-9(11-7)10(13)14;;/h6H,3-5H2,1-2H3,(H,13,14);;. The second-order valence-electron chi connectivity index (χ2n) is 4.01. The molecular weight excluding hydrogens is 219 g/mol. The first-order valence-corrected chi connectivity index (χ1v) is 5.85. The molecule has 84 valence electrons. The number of hydrogen-bond acceptors (Lipinski definition) is 4. The number of aromatic nitrogens is 1. The van der Waals surface area contributed by atoms with Crippen LogP contribution in [0.5, 0.6) is 0 Å². The molecule has 0 unspecified atom stereocenters. The van der Waals surface area contributed by atoms with Crippen molar-refractivity contribution < 1.29 is 9.90 Å². The van der Waals surface area contributed by atoms with E-state index < -0.39 is 5.97 Å². The Kier molecular flexibility index (Phi) is 4.57. The van der Waals surface area contributed by atoms with Gasteiger partial charge in [0.25, 0.3) is 0 Å². The number of carboxylic acid groups (broad SMARTS) is 1. The van der Waals surface area contributed by atoms with Crippen LogP contribution in [0, 0.1) is 0 Å². The van der Waals surface area contributed by atoms with Gasteiger partial charge < -0.3 is 5.11 Å². The molecule has 1 aromatic heterocycles.